The van der Waals surface area contributed by atoms with Crippen LogP contribution in [0.3, 0.4) is 0 Å². The van der Waals surface area contributed by atoms with Crippen LogP contribution in [-0.2, 0) is 23.8 Å². The third-order valence-corrected chi connectivity index (χ3v) is 13.8. The average molecular weight is 887 g/mol. The zero-order valence-corrected chi connectivity index (χ0v) is 36.8. The van der Waals surface area contributed by atoms with Gasteiger partial charge in [-0.15, -0.1) is 0 Å². The van der Waals surface area contributed by atoms with Gasteiger partial charge in [0.1, 0.15) is 23.7 Å². The number of nitrogens with one attached hydrogen (secondary N) is 4. The Labute approximate surface area is 377 Å². The number of rotatable bonds is 11. The summed E-state index contributed by atoms with van der Waals surface area (Å²) in [7, 11) is 1.31. The number of ether oxygens (including phenoxy) is 3. The third-order valence-electron chi connectivity index (χ3n) is 13.8. The predicted molar refractivity (Wildman–Crippen MR) is 243 cm³/mol. The lowest BCUT2D eigenvalue weighted by atomic mass is 9.89. The Kier molecular flexibility index (Phi) is 13.4. The molecule has 4 amide bonds. The molecule has 9 rings (SSSR count). The van der Waals surface area contributed by atoms with Crippen LogP contribution in [0.4, 0.5) is 9.59 Å². The smallest absolute Gasteiger partial charge is 0.407 e. The quantitative estimate of drug-likeness (QED) is 0.0878. The molecule has 0 saturated carbocycles. The summed E-state index contributed by atoms with van der Waals surface area (Å²) in [4.78, 5) is 72.7. The van der Waals surface area contributed by atoms with Crippen LogP contribution >= 0.6 is 0 Å². The van der Waals surface area contributed by atoms with Crippen LogP contribution < -0.4 is 10.6 Å². The van der Waals surface area contributed by atoms with Crippen molar-refractivity contribution >= 4 is 34.8 Å². The fourth-order valence-electron chi connectivity index (χ4n) is 10.2. The predicted octanol–water partition coefficient (Wildman–Crippen LogP) is 7.61. The zero-order chi connectivity index (χ0) is 44.9. The summed E-state index contributed by atoms with van der Waals surface area (Å²) in [6.45, 7) is 3.28. The van der Waals surface area contributed by atoms with Gasteiger partial charge in [0.2, 0.25) is 11.8 Å². The number of imidazole rings is 2. The Morgan fingerprint density at radius 2 is 1.09 bits per heavy atom. The van der Waals surface area contributed by atoms with Crippen molar-refractivity contribution in [1.82, 2.24) is 40.4 Å². The summed E-state index contributed by atoms with van der Waals surface area (Å²) in [6, 6.07) is 19.0. The number of fused-ring (bicyclic) bond motifs is 1. The molecule has 0 bridgehead atoms. The molecule has 2 unspecified atom stereocenters. The minimum absolute atomic E-state index is 0.0353. The zero-order valence-electron chi connectivity index (χ0n) is 36.8. The molecule has 4 aliphatic rings. The number of methoxy groups -OCH3 is 1. The van der Waals surface area contributed by atoms with Gasteiger partial charge in [0, 0.05) is 63.0 Å². The molecule has 0 aliphatic carbocycles. The molecule has 0 radical (unpaired) electrons. The Balaban J connectivity index is 0.875. The first-order valence-electron chi connectivity index (χ1n) is 23.1. The Morgan fingerprint density at radius 1 is 0.631 bits per heavy atom. The van der Waals surface area contributed by atoms with E-state index < -0.39 is 24.3 Å². The summed E-state index contributed by atoms with van der Waals surface area (Å²) in [5.74, 6) is 0.981. The molecule has 4 saturated heterocycles. The number of carbonyl (C=O) groups excluding carboxylic acids is 3. The van der Waals surface area contributed by atoms with E-state index in [4.69, 9.17) is 24.2 Å². The van der Waals surface area contributed by atoms with E-state index >= 15 is 0 Å². The fraction of sp³-hybridized carbons (Fsp3) is 0.469. The van der Waals surface area contributed by atoms with Gasteiger partial charge in [-0.3, -0.25) is 9.59 Å². The van der Waals surface area contributed by atoms with E-state index in [1.165, 1.54) is 7.11 Å². The summed E-state index contributed by atoms with van der Waals surface area (Å²) >= 11 is 0. The number of amides is 4. The monoisotopic (exact) mass is 886 g/mol. The third kappa shape index (κ3) is 9.74. The van der Waals surface area contributed by atoms with E-state index in [-0.39, 0.29) is 35.7 Å². The van der Waals surface area contributed by atoms with Crippen LogP contribution in [0.2, 0.25) is 0 Å². The molecule has 2 aromatic heterocycles. The van der Waals surface area contributed by atoms with Gasteiger partial charge in [-0.25, -0.2) is 19.6 Å². The second-order valence-electron chi connectivity index (χ2n) is 17.7. The van der Waals surface area contributed by atoms with Gasteiger partial charge in [0.25, 0.3) is 0 Å². The maximum atomic E-state index is 14.2. The Bertz CT molecular complexity index is 2470. The molecular formula is C49H58N8O8. The first-order chi connectivity index (χ1) is 31.7. The number of hydrogen-bond acceptors (Lipinski definition) is 9. The van der Waals surface area contributed by atoms with Gasteiger partial charge in [-0.2, -0.15) is 0 Å². The standard InChI is InChI=1S/C49H58N8O8/c1-63-49(62)55-43(33-18-24-65-25-19-33)47(59)57-21-5-3-7-41(57)45-51-29-39(53-45)37-15-14-35-26-34(12-13-36(35)27-37)30-8-10-31(11-9-30)38-28-50-44(52-38)40-6-2-4-20-56(40)46(58)42(54-48(60)61)32-16-22-64-23-17-32/h8-15,26-29,32-33,40-43,54H,2-7,16-25H2,1H3,(H,50,52)(H,51,53)(H,55,62)(H,60,61)/t40-,41-,42?,43?/m0/s1. The summed E-state index contributed by atoms with van der Waals surface area (Å²) in [6.07, 6.45) is 9.80. The van der Waals surface area contributed by atoms with E-state index in [2.05, 4.69) is 81.3 Å². The van der Waals surface area contributed by atoms with Gasteiger partial charge >= 0.3 is 12.2 Å². The van der Waals surface area contributed by atoms with E-state index in [1.54, 1.807) is 0 Å². The van der Waals surface area contributed by atoms with Gasteiger partial charge in [-0.05, 0) is 110 Å². The molecule has 5 N–H and O–H groups in total. The highest BCUT2D eigenvalue weighted by atomic mass is 16.5. The minimum atomic E-state index is -1.20. The fourth-order valence-corrected chi connectivity index (χ4v) is 10.2. The van der Waals surface area contributed by atoms with Crippen molar-refractivity contribution < 1.29 is 38.5 Å². The Morgan fingerprint density at radius 3 is 1.62 bits per heavy atom. The summed E-state index contributed by atoms with van der Waals surface area (Å²) in [5.41, 5.74) is 5.63. The van der Waals surface area contributed by atoms with Crippen molar-refractivity contribution in [3.05, 3.63) is 84.7 Å². The van der Waals surface area contributed by atoms with Gasteiger partial charge in [-0.1, -0.05) is 48.5 Å². The largest absolute Gasteiger partial charge is 0.465 e. The molecule has 6 heterocycles. The summed E-state index contributed by atoms with van der Waals surface area (Å²) < 4.78 is 15.9. The van der Waals surface area contributed by atoms with E-state index in [1.807, 2.05) is 22.2 Å². The molecule has 0 spiro atoms. The molecule has 5 aromatic rings. The van der Waals surface area contributed by atoms with Crippen molar-refractivity contribution in [3.8, 4) is 33.6 Å². The molecule has 4 atom stereocenters. The number of benzene rings is 3. The number of alkyl carbamates (subject to hydrolysis) is 1. The highest BCUT2D eigenvalue weighted by Gasteiger charge is 2.40. The number of hydrogen-bond donors (Lipinski definition) is 5. The molecular weight excluding hydrogens is 829 g/mol. The van der Waals surface area contributed by atoms with Crippen LogP contribution in [0, 0.1) is 11.8 Å². The first-order valence-corrected chi connectivity index (χ1v) is 23.1. The minimum Gasteiger partial charge on any atom is -0.465 e. The molecule has 65 heavy (non-hydrogen) atoms. The number of H-pyrrole nitrogens is 2. The molecule has 342 valence electrons. The average Bonchev–Trinajstić information content (AvgIpc) is 4.06. The van der Waals surface area contributed by atoms with Crippen LogP contribution in [0.15, 0.2) is 73.1 Å². The first kappa shape index (κ1) is 44.0. The number of carbonyl (C=O) groups is 4. The van der Waals surface area contributed by atoms with Crippen LogP contribution in [0.1, 0.15) is 87.9 Å². The van der Waals surface area contributed by atoms with Crippen LogP contribution in [-0.4, -0.2) is 118 Å². The summed E-state index contributed by atoms with van der Waals surface area (Å²) in [5, 5.41) is 17.2. The van der Waals surface area contributed by atoms with Gasteiger partial charge in [0.05, 0.1) is 30.6 Å². The molecule has 16 heteroatoms. The second kappa shape index (κ2) is 19.9. The van der Waals surface area contributed by atoms with E-state index in [0.717, 1.165) is 88.8 Å². The molecule has 16 nitrogen and oxygen atoms in total. The second-order valence-corrected chi connectivity index (χ2v) is 17.7. The number of piperidine rings is 2. The number of nitrogens with zero attached hydrogens (tertiary/aromatic N) is 4. The van der Waals surface area contributed by atoms with Crippen LogP contribution in [0.25, 0.3) is 44.4 Å². The van der Waals surface area contributed by atoms with E-state index in [9.17, 15) is 24.3 Å². The van der Waals surface area contributed by atoms with Gasteiger partial charge < -0.3 is 49.7 Å². The van der Waals surface area contributed by atoms with Crippen molar-refractivity contribution in [1.29, 1.82) is 0 Å². The normalized spacial score (nSPS) is 20.8. The number of carboxylic acid groups (broad SMARTS) is 1. The highest BCUT2D eigenvalue weighted by molar-refractivity contribution is 5.91. The van der Waals surface area contributed by atoms with Gasteiger partial charge in [0.15, 0.2) is 0 Å². The maximum Gasteiger partial charge on any atom is 0.407 e. The van der Waals surface area contributed by atoms with Crippen molar-refractivity contribution in [2.45, 2.75) is 88.4 Å². The molecule has 4 aliphatic heterocycles. The lowest BCUT2D eigenvalue weighted by Gasteiger charge is -2.39. The lowest BCUT2D eigenvalue weighted by molar-refractivity contribution is -0.140. The van der Waals surface area contributed by atoms with Crippen LogP contribution in [0.5, 0.6) is 0 Å². The highest BCUT2D eigenvalue weighted by Crippen LogP contribution is 2.36. The number of likely N-dealkylation sites (tertiary alicyclic amines) is 2. The lowest BCUT2D eigenvalue weighted by Crippen LogP contribution is -2.55. The SMILES string of the molecule is COC(=O)NC(C(=O)N1CCCC[C@H]1c1nc(-c2ccc3cc(-c4ccc(-c5c[nH]c([C@@H]6CCCCN6C(=O)C(NC(=O)O)C6CCOCC6)n5)cc4)ccc3c2)c[nH]1)C1CCOCC1. The van der Waals surface area contributed by atoms with Crippen molar-refractivity contribution in [3.63, 3.8) is 0 Å². The van der Waals surface area contributed by atoms with Crippen molar-refractivity contribution in [2.75, 3.05) is 46.6 Å². The molecule has 4 fully saturated rings. The van der Waals surface area contributed by atoms with E-state index in [0.29, 0.717) is 71.0 Å². The molecule has 3 aromatic carbocycles. The maximum absolute atomic E-state index is 14.2. The van der Waals surface area contributed by atoms with Crippen molar-refractivity contribution in [2.24, 2.45) is 11.8 Å². The number of aromatic nitrogens is 4. The topological polar surface area (TPSA) is 204 Å². The Hall–Kier alpha value is -6.26. The number of aromatic amines is 2.